The highest BCUT2D eigenvalue weighted by molar-refractivity contribution is 5.65. The lowest BCUT2D eigenvalue weighted by Crippen LogP contribution is -2.36. The van der Waals surface area contributed by atoms with Gasteiger partial charge in [0.15, 0.2) is 0 Å². The minimum atomic E-state index is 0.579. The quantitative estimate of drug-likeness (QED) is 0.568. The van der Waals surface area contributed by atoms with Crippen molar-refractivity contribution in [2.75, 3.05) is 36.5 Å². The smallest absolute Gasteiger partial charge is 0.254 e. The van der Waals surface area contributed by atoms with E-state index < -0.39 is 0 Å². The molecule has 1 fully saturated rings. The van der Waals surface area contributed by atoms with Crippen LogP contribution in [0, 0.1) is 0 Å². The zero-order valence-corrected chi connectivity index (χ0v) is 16.0. The minimum absolute atomic E-state index is 0.579. The lowest BCUT2D eigenvalue weighted by Gasteiger charge is -2.30. The normalized spacial score (nSPS) is 14.3. The molecule has 1 saturated heterocycles. The molecule has 29 heavy (non-hydrogen) atoms. The number of aromatic nitrogens is 4. The number of anilines is 2. The Kier molecular flexibility index (Phi) is 4.80. The van der Waals surface area contributed by atoms with Crippen LogP contribution in [0.2, 0.25) is 0 Å². The summed E-state index contributed by atoms with van der Waals surface area (Å²) in [6, 6.07) is 20.6. The van der Waals surface area contributed by atoms with Crippen molar-refractivity contribution in [2.24, 2.45) is 0 Å². The van der Waals surface area contributed by atoms with Crippen LogP contribution in [0.3, 0.4) is 0 Å². The number of nitrogens with one attached hydrogen (secondary N) is 1. The van der Waals surface area contributed by atoms with Gasteiger partial charge in [0.1, 0.15) is 12.1 Å². The van der Waals surface area contributed by atoms with Crippen LogP contribution >= 0.6 is 0 Å². The third-order valence-electron chi connectivity index (χ3n) is 5.12. The molecule has 1 aliphatic rings. The highest BCUT2D eigenvalue weighted by atomic mass is 16.5. The molecular formula is C22H22N6O. The van der Waals surface area contributed by atoms with E-state index in [9.17, 15) is 0 Å². The Morgan fingerprint density at radius 3 is 2.62 bits per heavy atom. The van der Waals surface area contributed by atoms with Gasteiger partial charge in [0, 0.05) is 37.0 Å². The van der Waals surface area contributed by atoms with Gasteiger partial charge in [-0.3, -0.25) is 0 Å². The van der Waals surface area contributed by atoms with Gasteiger partial charge < -0.3 is 15.0 Å². The van der Waals surface area contributed by atoms with Crippen LogP contribution in [-0.4, -0.2) is 45.9 Å². The second-order valence-electron chi connectivity index (χ2n) is 6.95. The van der Waals surface area contributed by atoms with E-state index in [0.717, 1.165) is 43.4 Å². The zero-order valence-electron chi connectivity index (χ0n) is 16.0. The number of para-hydroxylation sites is 1. The maximum absolute atomic E-state index is 5.50. The van der Waals surface area contributed by atoms with Crippen molar-refractivity contribution in [2.45, 2.75) is 6.54 Å². The molecule has 0 aliphatic carbocycles. The molecule has 1 aliphatic heterocycles. The Morgan fingerprint density at radius 2 is 1.76 bits per heavy atom. The highest BCUT2D eigenvalue weighted by Crippen LogP contribution is 2.25. The van der Waals surface area contributed by atoms with Crippen molar-refractivity contribution in [1.29, 1.82) is 0 Å². The second-order valence-corrected chi connectivity index (χ2v) is 6.95. The first-order valence-electron chi connectivity index (χ1n) is 9.79. The third-order valence-corrected chi connectivity index (χ3v) is 5.12. The molecule has 0 amide bonds. The monoisotopic (exact) mass is 386 g/mol. The van der Waals surface area contributed by atoms with Crippen LogP contribution in [0.1, 0.15) is 5.56 Å². The molecule has 2 aromatic carbocycles. The van der Waals surface area contributed by atoms with Gasteiger partial charge in [-0.2, -0.15) is 14.6 Å². The fourth-order valence-corrected chi connectivity index (χ4v) is 3.65. The summed E-state index contributed by atoms with van der Waals surface area (Å²) in [7, 11) is 0. The van der Waals surface area contributed by atoms with Gasteiger partial charge in [0.25, 0.3) is 5.78 Å². The average molecular weight is 386 g/mol. The number of hydrogen-bond acceptors (Lipinski definition) is 6. The SMILES string of the molecule is c1ccc(-c2cc(NCc3ccccc3N3CCOCC3)n3ncnc3n2)cc1. The lowest BCUT2D eigenvalue weighted by molar-refractivity contribution is 0.122. The van der Waals surface area contributed by atoms with Crippen LogP contribution in [0.25, 0.3) is 17.0 Å². The van der Waals surface area contributed by atoms with Gasteiger partial charge in [-0.05, 0) is 11.6 Å². The van der Waals surface area contributed by atoms with E-state index in [1.807, 2.05) is 36.4 Å². The van der Waals surface area contributed by atoms with E-state index in [1.165, 1.54) is 17.6 Å². The second kappa shape index (κ2) is 7.89. The molecule has 4 aromatic rings. The first-order chi connectivity index (χ1) is 14.4. The molecule has 0 spiro atoms. The molecule has 0 unspecified atom stereocenters. The third kappa shape index (κ3) is 3.64. The molecule has 2 aromatic heterocycles. The molecule has 7 heteroatoms. The summed E-state index contributed by atoms with van der Waals surface area (Å²) >= 11 is 0. The summed E-state index contributed by atoms with van der Waals surface area (Å²) in [6.07, 6.45) is 1.53. The first kappa shape index (κ1) is 17.6. The minimum Gasteiger partial charge on any atom is -0.378 e. The fourth-order valence-electron chi connectivity index (χ4n) is 3.65. The van der Waals surface area contributed by atoms with Crippen molar-refractivity contribution < 1.29 is 4.74 Å². The molecular weight excluding hydrogens is 364 g/mol. The molecule has 3 heterocycles. The number of hydrogen-bond donors (Lipinski definition) is 1. The highest BCUT2D eigenvalue weighted by Gasteiger charge is 2.15. The Bertz CT molecular complexity index is 1100. The maximum atomic E-state index is 5.50. The van der Waals surface area contributed by atoms with Gasteiger partial charge in [0.2, 0.25) is 0 Å². The van der Waals surface area contributed by atoms with Crippen LogP contribution in [0.4, 0.5) is 11.5 Å². The van der Waals surface area contributed by atoms with Crippen molar-refractivity contribution >= 4 is 17.3 Å². The molecule has 146 valence electrons. The summed E-state index contributed by atoms with van der Waals surface area (Å²) in [5.41, 5.74) is 4.40. The summed E-state index contributed by atoms with van der Waals surface area (Å²) in [5.74, 6) is 1.44. The molecule has 0 atom stereocenters. The summed E-state index contributed by atoms with van der Waals surface area (Å²) in [6.45, 7) is 4.05. The Hall–Kier alpha value is -3.45. The predicted octanol–water partition coefficient (Wildman–Crippen LogP) is 3.24. The number of ether oxygens (including phenoxy) is 1. The predicted molar refractivity (Wildman–Crippen MR) is 113 cm³/mol. The van der Waals surface area contributed by atoms with Gasteiger partial charge in [-0.25, -0.2) is 4.98 Å². The number of fused-ring (bicyclic) bond motifs is 1. The van der Waals surface area contributed by atoms with Gasteiger partial charge in [0.05, 0.1) is 18.9 Å². The van der Waals surface area contributed by atoms with Crippen LogP contribution in [-0.2, 0) is 11.3 Å². The van der Waals surface area contributed by atoms with E-state index in [-0.39, 0.29) is 0 Å². The van der Waals surface area contributed by atoms with Crippen LogP contribution < -0.4 is 10.2 Å². The lowest BCUT2D eigenvalue weighted by atomic mass is 10.1. The average Bonchev–Trinajstić information content (AvgIpc) is 3.28. The van der Waals surface area contributed by atoms with E-state index >= 15 is 0 Å². The van der Waals surface area contributed by atoms with E-state index in [4.69, 9.17) is 4.74 Å². The van der Waals surface area contributed by atoms with E-state index in [2.05, 4.69) is 49.5 Å². The van der Waals surface area contributed by atoms with Crippen LogP contribution in [0.5, 0.6) is 0 Å². The first-order valence-corrected chi connectivity index (χ1v) is 9.79. The molecule has 1 N–H and O–H groups in total. The van der Waals surface area contributed by atoms with Gasteiger partial charge >= 0.3 is 0 Å². The van der Waals surface area contributed by atoms with E-state index in [0.29, 0.717) is 12.3 Å². The van der Waals surface area contributed by atoms with Crippen molar-refractivity contribution in [3.63, 3.8) is 0 Å². The molecule has 0 saturated carbocycles. The van der Waals surface area contributed by atoms with Crippen LogP contribution in [0.15, 0.2) is 67.0 Å². The number of rotatable bonds is 5. The summed E-state index contributed by atoms with van der Waals surface area (Å²) in [4.78, 5) is 11.3. The number of nitrogens with zero attached hydrogens (tertiary/aromatic N) is 5. The topological polar surface area (TPSA) is 67.6 Å². The largest absolute Gasteiger partial charge is 0.378 e. The molecule has 0 bridgehead atoms. The fraction of sp³-hybridized carbons (Fsp3) is 0.227. The molecule has 7 nitrogen and oxygen atoms in total. The Morgan fingerprint density at radius 1 is 0.966 bits per heavy atom. The summed E-state index contributed by atoms with van der Waals surface area (Å²) < 4.78 is 7.24. The number of benzene rings is 2. The van der Waals surface area contributed by atoms with E-state index in [1.54, 1.807) is 4.52 Å². The summed E-state index contributed by atoms with van der Waals surface area (Å²) in [5, 5.41) is 7.87. The Labute approximate surface area is 169 Å². The zero-order chi connectivity index (χ0) is 19.5. The van der Waals surface area contributed by atoms with Crippen molar-refractivity contribution in [1.82, 2.24) is 19.6 Å². The maximum Gasteiger partial charge on any atom is 0.254 e. The van der Waals surface area contributed by atoms with Gasteiger partial charge in [-0.15, -0.1) is 0 Å². The van der Waals surface area contributed by atoms with Gasteiger partial charge in [-0.1, -0.05) is 48.5 Å². The van der Waals surface area contributed by atoms with Crippen molar-refractivity contribution in [3.8, 4) is 11.3 Å². The number of morpholine rings is 1. The van der Waals surface area contributed by atoms with Crippen molar-refractivity contribution in [3.05, 3.63) is 72.6 Å². The standard InChI is InChI=1S/C22H22N6O/c1-2-6-17(7-3-1)19-14-21(28-22(26-19)24-16-25-28)23-15-18-8-4-5-9-20(18)27-10-12-29-13-11-27/h1-9,14,16,23H,10-13,15H2. The molecule has 5 rings (SSSR count). The molecule has 0 radical (unpaired) electrons. The Balaban J connectivity index is 1.45.